The average molecular weight is 393 g/mol. The van der Waals surface area contributed by atoms with Gasteiger partial charge in [0.2, 0.25) is 0 Å². The van der Waals surface area contributed by atoms with Gasteiger partial charge < -0.3 is 4.74 Å². The molecule has 1 aliphatic rings. The normalized spacial score (nSPS) is 17.6. The Labute approximate surface area is 164 Å². The maximum atomic E-state index is 12.5. The number of aryl methyl sites for hydroxylation is 1. The molecule has 0 saturated heterocycles. The molecule has 4 rings (SSSR count). The summed E-state index contributed by atoms with van der Waals surface area (Å²) in [6, 6.07) is 23.6. The van der Waals surface area contributed by atoms with Gasteiger partial charge >= 0.3 is 10.1 Å². The summed E-state index contributed by atoms with van der Waals surface area (Å²) in [5.41, 5.74) is 3.22. The number of benzene rings is 3. The van der Waals surface area contributed by atoms with Gasteiger partial charge in [0.25, 0.3) is 0 Å². The Kier molecular flexibility index (Phi) is 4.88. The third-order valence-electron chi connectivity index (χ3n) is 4.57. The number of ether oxygens (including phenoxy) is 1. The fourth-order valence-electron chi connectivity index (χ4n) is 3.07. The molecule has 28 heavy (non-hydrogen) atoms. The van der Waals surface area contributed by atoms with Gasteiger partial charge in [0, 0.05) is 12.0 Å². The maximum absolute atomic E-state index is 12.5. The molecule has 0 radical (unpaired) electrons. The summed E-state index contributed by atoms with van der Waals surface area (Å²) < 4.78 is 36.1. The molecule has 0 spiro atoms. The molecule has 0 aromatic heterocycles. The summed E-state index contributed by atoms with van der Waals surface area (Å²) in [6.45, 7) is 1.89. The minimum Gasteiger partial charge on any atom is -0.485 e. The van der Waals surface area contributed by atoms with E-state index in [2.05, 4.69) is 5.16 Å². The van der Waals surface area contributed by atoms with Crippen molar-refractivity contribution >= 4 is 15.8 Å². The van der Waals surface area contributed by atoms with Gasteiger partial charge in [-0.1, -0.05) is 65.3 Å². The zero-order valence-corrected chi connectivity index (χ0v) is 16.1. The molecule has 1 unspecified atom stereocenters. The number of fused-ring (bicyclic) bond motifs is 1. The lowest BCUT2D eigenvalue weighted by Gasteiger charge is -2.27. The van der Waals surface area contributed by atoms with E-state index >= 15 is 0 Å². The zero-order chi connectivity index (χ0) is 19.6. The van der Waals surface area contributed by atoms with Crippen LogP contribution in [-0.2, 0) is 14.4 Å². The summed E-state index contributed by atoms with van der Waals surface area (Å²) in [6.07, 6.45) is 0.144. The first kappa shape index (κ1) is 18.3. The molecule has 0 N–H and O–H groups in total. The molecule has 5 nitrogen and oxygen atoms in total. The van der Waals surface area contributed by atoms with Crippen LogP contribution in [0.25, 0.3) is 0 Å². The summed E-state index contributed by atoms with van der Waals surface area (Å²) in [5.74, 6) is 0.651. The molecule has 1 heterocycles. The van der Waals surface area contributed by atoms with Crippen LogP contribution in [0.5, 0.6) is 5.75 Å². The zero-order valence-electron chi connectivity index (χ0n) is 15.3. The van der Waals surface area contributed by atoms with Gasteiger partial charge in [-0.3, -0.25) is 4.28 Å². The van der Waals surface area contributed by atoms with Gasteiger partial charge in [0.05, 0.1) is 5.71 Å². The average Bonchev–Trinajstić information content (AvgIpc) is 2.73. The van der Waals surface area contributed by atoms with Crippen LogP contribution < -0.4 is 4.74 Å². The van der Waals surface area contributed by atoms with Crippen molar-refractivity contribution in [1.29, 1.82) is 0 Å². The Hall–Kier alpha value is -3.12. The van der Waals surface area contributed by atoms with Gasteiger partial charge in [0.15, 0.2) is 0 Å². The van der Waals surface area contributed by atoms with E-state index in [1.807, 2.05) is 61.5 Å². The molecular weight excluding hydrogens is 374 g/mol. The summed E-state index contributed by atoms with van der Waals surface area (Å²) in [7, 11) is -3.99. The molecule has 0 fully saturated rings. The van der Waals surface area contributed by atoms with Crippen LogP contribution >= 0.6 is 0 Å². The van der Waals surface area contributed by atoms with E-state index in [4.69, 9.17) is 9.02 Å². The van der Waals surface area contributed by atoms with Crippen molar-refractivity contribution in [3.8, 4) is 5.75 Å². The van der Waals surface area contributed by atoms with Gasteiger partial charge in [-0.05, 0) is 36.8 Å². The van der Waals surface area contributed by atoms with Crippen molar-refractivity contribution in [2.24, 2.45) is 5.16 Å². The van der Waals surface area contributed by atoms with E-state index in [9.17, 15) is 8.42 Å². The largest absolute Gasteiger partial charge is 0.485 e. The van der Waals surface area contributed by atoms with E-state index in [0.29, 0.717) is 17.9 Å². The Balaban J connectivity index is 1.66. The fraction of sp³-hybridized carbons (Fsp3) is 0.136. The van der Waals surface area contributed by atoms with Crippen LogP contribution in [0.1, 0.15) is 29.2 Å². The number of para-hydroxylation sites is 1. The van der Waals surface area contributed by atoms with E-state index in [-0.39, 0.29) is 11.0 Å². The van der Waals surface area contributed by atoms with Gasteiger partial charge in [-0.2, -0.15) is 8.42 Å². The molecular formula is C22H19NO4S. The fourth-order valence-corrected chi connectivity index (χ4v) is 3.81. The predicted octanol–water partition coefficient (Wildman–Crippen LogP) is 4.63. The summed E-state index contributed by atoms with van der Waals surface area (Å²) in [4.78, 5) is 0.0717. The predicted molar refractivity (Wildman–Crippen MR) is 107 cm³/mol. The molecule has 1 aliphatic heterocycles. The number of hydrogen-bond donors (Lipinski definition) is 0. The number of nitrogens with zero attached hydrogens (tertiary/aromatic N) is 1. The molecule has 3 aromatic rings. The molecule has 1 atom stereocenters. The molecule has 0 aliphatic carbocycles. The van der Waals surface area contributed by atoms with Crippen LogP contribution in [0.2, 0.25) is 0 Å². The number of oxime groups is 1. The van der Waals surface area contributed by atoms with Crippen molar-refractivity contribution in [1.82, 2.24) is 0 Å². The SMILES string of the molecule is Cc1ccc(S(=O)(=O)O/N=C2/CC(c3ccccc3)Oc3ccccc32)cc1. The van der Waals surface area contributed by atoms with Crippen molar-refractivity contribution in [3.05, 3.63) is 95.6 Å². The molecule has 142 valence electrons. The molecule has 3 aromatic carbocycles. The highest BCUT2D eigenvalue weighted by atomic mass is 32.2. The smallest absolute Gasteiger partial charge is 0.358 e. The van der Waals surface area contributed by atoms with E-state index in [0.717, 1.165) is 16.7 Å². The highest BCUT2D eigenvalue weighted by molar-refractivity contribution is 7.86. The van der Waals surface area contributed by atoms with Crippen LogP contribution in [0.3, 0.4) is 0 Å². The van der Waals surface area contributed by atoms with Crippen LogP contribution in [-0.4, -0.2) is 14.1 Å². The van der Waals surface area contributed by atoms with Crippen LogP contribution in [0.15, 0.2) is 88.9 Å². The van der Waals surface area contributed by atoms with Crippen LogP contribution in [0, 0.1) is 6.92 Å². The summed E-state index contributed by atoms with van der Waals surface area (Å²) in [5, 5.41) is 4.02. The standard InChI is InChI=1S/C22H19NO4S/c1-16-11-13-18(14-12-16)28(24,25)27-23-20-15-22(17-7-3-2-4-8-17)26-21-10-6-5-9-19(20)21/h2-14,22H,15H2,1H3/b23-20-. The quantitative estimate of drug-likeness (QED) is 0.606. The van der Waals surface area contributed by atoms with E-state index in [1.54, 1.807) is 12.1 Å². The van der Waals surface area contributed by atoms with Crippen molar-refractivity contribution in [2.75, 3.05) is 0 Å². The lowest BCUT2D eigenvalue weighted by molar-refractivity contribution is 0.204. The van der Waals surface area contributed by atoms with Crippen molar-refractivity contribution < 1.29 is 17.4 Å². The molecule has 0 saturated carbocycles. The molecule has 6 heteroatoms. The second-order valence-corrected chi connectivity index (χ2v) is 8.13. The van der Waals surface area contributed by atoms with Crippen molar-refractivity contribution in [3.63, 3.8) is 0 Å². The first-order valence-electron chi connectivity index (χ1n) is 8.91. The highest BCUT2D eigenvalue weighted by Gasteiger charge is 2.27. The minimum absolute atomic E-state index is 0.0717. The lowest BCUT2D eigenvalue weighted by Crippen LogP contribution is -2.21. The molecule has 0 bridgehead atoms. The third kappa shape index (κ3) is 3.77. The molecule has 0 amide bonds. The third-order valence-corrected chi connectivity index (χ3v) is 5.69. The Morgan fingerprint density at radius 3 is 2.36 bits per heavy atom. The lowest BCUT2D eigenvalue weighted by atomic mass is 9.96. The number of hydrogen-bond acceptors (Lipinski definition) is 5. The van der Waals surface area contributed by atoms with Crippen LogP contribution in [0.4, 0.5) is 0 Å². The van der Waals surface area contributed by atoms with Crippen molar-refractivity contribution in [2.45, 2.75) is 24.3 Å². The van der Waals surface area contributed by atoms with E-state index in [1.165, 1.54) is 12.1 Å². The second-order valence-electron chi connectivity index (χ2n) is 6.60. The monoisotopic (exact) mass is 393 g/mol. The first-order valence-corrected chi connectivity index (χ1v) is 10.3. The highest BCUT2D eigenvalue weighted by Crippen LogP contribution is 2.35. The number of rotatable bonds is 4. The first-order chi connectivity index (χ1) is 13.5. The maximum Gasteiger partial charge on any atom is 0.358 e. The van der Waals surface area contributed by atoms with Gasteiger partial charge in [-0.25, -0.2) is 0 Å². The topological polar surface area (TPSA) is 65.0 Å². The summed E-state index contributed by atoms with van der Waals surface area (Å²) >= 11 is 0. The Morgan fingerprint density at radius 2 is 1.61 bits per heavy atom. The van der Waals surface area contributed by atoms with Gasteiger partial charge in [-0.15, -0.1) is 0 Å². The second kappa shape index (κ2) is 7.48. The minimum atomic E-state index is -3.99. The Morgan fingerprint density at radius 1 is 0.929 bits per heavy atom. The van der Waals surface area contributed by atoms with E-state index < -0.39 is 10.1 Å². The Bertz CT molecular complexity index is 1110. The van der Waals surface area contributed by atoms with Gasteiger partial charge in [0.1, 0.15) is 16.7 Å².